The SMILES string of the molecule is CC1CN(c2ncc(Cl)cc2Br)C(C)CO1. The number of aromatic nitrogens is 1. The molecular formula is C11H14BrClN2O. The highest BCUT2D eigenvalue weighted by Crippen LogP contribution is 2.29. The standard InChI is InChI=1S/C11H14BrClN2O/c1-7-6-16-8(2)5-15(7)11-10(12)3-9(13)4-14-11/h3-4,7-8H,5-6H2,1-2H3. The Morgan fingerprint density at radius 2 is 2.31 bits per heavy atom. The third kappa shape index (κ3) is 2.50. The zero-order valence-electron chi connectivity index (χ0n) is 9.28. The molecule has 0 bridgehead atoms. The summed E-state index contributed by atoms with van der Waals surface area (Å²) in [6.45, 7) is 5.80. The third-order valence-corrected chi connectivity index (χ3v) is 3.46. The first-order valence-corrected chi connectivity index (χ1v) is 6.44. The number of halogens is 2. The zero-order valence-corrected chi connectivity index (χ0v) is 11.6. The van der Waals surface area contributed by atoms with E-state index in [1.165, 1.54) is 0 Å². The van der Waals surface area contributed by atoms with Gasteiger partial charge in [0.1, 0.15) is 5.82 Å². The molecule has 1 aromatic rings. The zero-order chi connectivity index (χ0) is 11.7. The van der Waals surface area contributed by atoms with E-state index in [1.54, 1.807) is 6.20 Å². The predicted octanol–water partition coefficient (Wildman–Crippen LogP) is 3.11. The molecule has 1 aliphatic rings. The van der Waals surface area contributed by atoms with Crippen molar-refractivity contribution in [1.82, 2.24) is 4.98 Å². The van der Waals surface area contributed by atoms with Crippen LogP contribution in [-0.2, 0) is 4.74 Å². The van der Waals surface area contributed by atoms with Crippen molar-refractivity contribution in [2.24, 2.45) is 0 Å². The van der Waals surface area contributed by atoms with Crippen molar-refractivity contribution in [2.45, 2.75) is 26.0 Å². The molecule has 0 saturated carbocycles. The Balaban J connectivity index is 2.28. The first-order chi connectivity index (χ1) is 7.58. The van der Waals surface area contributed by atoms with Gasteiger partial charge in [0.2, 0.25) is 0 Å². The molecule has 0 aliphatic carbocycles. The summed E-state index contributed by atoms with van der Waals surface area (Å²) in [5.41, 5.74) is 0. The molecule has 3 nitrogen and oxygen atoms in total. The second-order valence-electron chi connectivity index (χ2n) is 4.10. The van der Waals surface area contributed by atoms with Gasteiger partial charge in [0.05, 0.1) is 28.2 Å². The summed E-state index contributed by atoms with van der Waals surface area (Å²) >= 11 is 9.39. The van der Waals surface area contributed by atoms with Gasteiger partial charge in [-0.3, -0.25) is 0 Å². The lowest BCUT2D eigenvalue weighted by atomic mass is 10.2. The van der Waals surface area contributed by atoms with Crippen LogP contribution in [0.4, 0.5) is 5.82 Å². The first kappa shape index (κ1) is 12.1. The van der Waals surface area contributed by atoms with Crippen LogP contribution in [0.1, 0.15) is 13.8 Å². The van der Waals surface area contributed by atoms with Gasteiger partial charge in [0.25, 0.3) is 0 Å². The van der Waals surface area contributed by atoms with Gasteiger partial charge < -0.3 is 9.64 Å². The summed E-state index contributed by atoms with van der Waals surface area (Å²) in [5.74, 6) is 0.937. The quantitative estimate of drug-likeness (QED) is 0.797. The summed E-state index contributed by atoms with van der Waals surface area (Å²) in [6, 6.07) is 2.21. The van der Waals surface area contributed by atoms with Crippen LogP contribution in [0.25, 0.3) is 0 Å². The van der Waals surface area contributed by atoms with E-state index >= 15 is 0 Å². The van der Waals surface area contributed by atoms with Gasteiger partial charge in [-0.1, -0.05) is 11.6 Å². The molecule has 2 unspecified atom stereocenters. The predicted molar refractivity (Wildman–Crippen MR) is 69.2 cm³/mol. The number of hydrogen-bond donors (Lipinski definition) is 0. The molecule has 88 valence electrons. The van der Waals surface area contributed by atoms with Gasteiger partial charge in [0.15, 0.2) is 0 Å². The largest absolute Gasteiger partial charge is 0.375 e. The van der Waals surface area contributed by atoms with Crippen LogP contribution in [0.3, 0.4) is 0 Å². The Morgan fingerprint density at radius 1 is 1.56 bits per heavy atom. The number of ether oxygens (including phenoxy) is 1. The number of nitrogens with zero attached hydrogens (tertiary/aromatic N) is 2. The fourth-order valence-electron chi connectivity index (χ4n) is 1.82. The van der Waals surface area contributed by atoms with Crippen LogP contribution in [0, 0.1) is 0 Å². The van der Waals surface area contributed by atoms with Crippen LogP contribution >= 0.6 is 27.5 Å². The van der Waals surface area contributed by atoms with Crippen molar-refractivity contribution in [3.63, 3.8) is 0 Å². The Morgan fingerprint density at radius 3 is 3.00 bits per heavy atom. The Bertz CT molecular complexity index is 388. The highest BCUT2D eigenvalue weighted by molar-refractivity contribution is 9.10. The molecule has 2 rings (SSSR count). The molecule has 1 aliphatic heterocycles. The summed E-state index contributed by atoms with van der Waals surface area (Å²) in [4.78, 5) is 6.62. The molecule has 16 heavy (non-hydrogen) atoms. The van der Waals surface area contributed by atoms with E-state index in [9.17, 15) is 0 Å². The maximum absolute atomic E-state index is 5.89. The smallest absolute Gasteiger partial charge is 0.143 e. The van der Waals surface area contributed by atoms with E-state index < -0.39 is 0 Å². The second-order valence-corrected chi connectivity index (χ2v) is 5.40. The van der Waals surface area contributed by atoms with E-state index in [-0.39, 0.29) is 6.10 Å². The molecule has 2 atom stereocenters. The molecule has 0 spiro atoms. The molecule has 1 aromatic heterocycles. The normalized spacial score (nSPS) is 25.9. The lowest BCUT2D eigenvalue weighted by Gasteiger charge is -2.38. The molecule has 0 aromatic carbocycles. The number of rotatable bonds is 1. The Kier molecular flexibility index (Phi) is 3.72. The van der Waals surface area contributed by atoms with Gasteiger partial charge in [-0.15, -0.1) is 0 Å². The van der Waals surface area contributed by atoms with Crippen molar-refractivity contribution in [3.8, 4) is 0 Å². The minimum atomic E-state index is 0.237. The second kappa shape index (κ2) is 4.90. The van der Waals surface area contributed by atoms with E-state index in [0.717, 1.165) is 23.4 Å². The van der Waals surface area contributed by atoms with Crippen LogP contribution in [0.15, 0.2) is 16.7 Å². The maximum Gasteiger partial charge on any atom is 0.143 e. The first-order valence-electron chi connectivity index (χ1n) is 5.27. The van der Waals surface area contributed by atoms with Gasteiger partial charge in [-0.25, -0.2) is 4.98 Å². The van der Waals surface area contributed by atoms with Crippen LogP contribution in [0.2, 0.25) is 5.02 Å². The number of morpholine rings is 1. The number of anilines is 1. The molecule has 0 N–H and O–H groups in total. The summed E-state index contributed by atoms with van der Waals surface area (Å²) in [6.07, 6.45) is 1.91. The van der Waals surface area contributed by atoms with Crippen molar-refractivity contribution < 1.29 is 4.74 Å². The topological polar surface area (TPSA) is 25.4 Å². The lowest BCUT2D eigenvalue weighted by Crippen LogP contribution is -2.47. The van der Waals surface area contributed by atoms with E-state index in [2.05, 4.69) is 39.7 Å². The molecule has 0 amide bonds. The van der Waals surface area contributed by atoms with Gasteiger partial charge >= 0.3 is 0 Å². The van der Waals surface area contributed by atoms with Crippen molar-refractivity contribution >= 4 is 33.3 Å². The average Bonchev–Trinajstić information content (AvgIpc) is 2.22. The summed E-state index contributed by atoms with van der Waals surface area (Å²) in [5, 5.41) is 0.643. The highest BCUT2D eigenvalue weighted by Gasteiger charge is 2.25. The third-order valence-electron chi connectivity index (χ3n) is 2.67. The Hall–Kier alpha value is -0.320. The molecule has 5 heteroatoms. The van der Waals surface area contributed by atoms with E-state index in [4.69, 9.17) is 16.3 Å². The fourth-order valence-corrected chi connectivity index (χ4v) is 2.68. The molecule has 0 radical (unpaired) electrons. The van der Waals surface area contributed by atoms with Crippen LogP contribution in [0.5, 0.6) is 0 Å². The fraction of sp³-hybridized carbons (Fsp3) is 0.545. The molecule has 1 saturated heterocycles. The van der Waals surface area contributed by atoms with Crippen molar-refractivity contribution in [3.05, 3.63) is 21.8 Å². The van der Waals surface area contributed by atoms with Gasteiger partial charge in [0, 0.05) is 12.7 Å². The van der Waals surface area contributed by atoms with Crippen LogP contribution in [-0.4, -0.2) is 30.3 Å². The minimum Gasteiger partial charge on any atom is -0.375 e. The highest BCUT2D eigenvalue weighted by atomic mass is 79.9. The van der Waals surface area contributed by atoms with Gasteiger partial charge in [-0.2, -0.15) is 0 Å². The van der Waals surface area contributed by atoms with Crippen molar-refractivity contribution in [1.29, 1.82) is 0 Å². The van der Waals surface area contributed by atoms with E-state index in [0.29, 0.717) is 11.1 Å². The average molecular weight is 306 g/mol. The summed E-state index contributed by atoms with van der Waals surface area (Å²) < 4.78 is 6.53. The molecule has 2 heterocycles. The number of pyridine rings is 1. The molecular weight excluding hydrogens is 291 g/mol. The molecule has 1 fully saturated rings. The van der Waals surface area contributed by atoms with E-state index in [1.807, 2.05) is 6.07 Å². The maximum atomic E-state index is 5.89. The van der Waals surface area contributed by atoms with Crippen LogP contribution < -0.4 is 4.90 Å². The van der Waals surface area contributed by atoms with Crippen molar-refractivity contribution in [2.75, 3.05) is 18.1 Å². The Labute approximate surface area is 109 Å². The number of hydrogen-bond acceptors (Lipinski definition) is 3. The summed E-state index contributed by atoms with van der Waals surface area (Å²) in [7, 11) is 0. The van der Waals surface area contributed by atoms with Gasteiger partial charge in [-0.05, 0) is 35.8 Å². The monoisotopic (exact) mass is 304 g/mol. The lowest BCUT2D eigenvalue weighted by molar-refractivity contribution is 0.0340. The minimum absolute atomic E-state index is 0.237.